The normalized spacial score (nSPS) is 17.0. The fourth-order valence-corrected chi connectivity index (χ4v) is 6.18. The molecule has 0 radical (unpaired) electrons. The second-order valence-corrected chi connectivity index (χ2v) is 11.6. The van der Waals surface area contributed by atoms with Gasteiger partial charge in [0.15, 0.2) is 6.29 Å². The molecule has 2 aliphatic heterocycles. The molecule has 218 valence electrons. The Labute approximate surface area is 243 Å². The fourth-order valence-electron chi connectivity index (χ4n) is 6.18. The predicted octanol–water partition coefficient (Wildman–Crippen LogP) is 6.93. The van der Waals surface area contributed by atoms with E-state index in [4.69, 9.17) is 9.47 Å². The first kappa shape index (κ1) is 29.2. The summed E-state index contributed by atoms with van der Waals surface area (Å²) in [4.78, 5) is 20.5. The van der Waals surface area contributed by atoms with E-state index in [1.807, 2.05) is 69.0 Å². The van der Waals surface area contributed by atoms with Crippen LogP contribution in [0.3, 0.4) is 0 Å². The van der Waals surface area contributed by atoms with Gasteiger partial charge in [0.2, 0.25) is 0 Å². The van der Waals surface area contributed by atoms with Crippen molar-refractivity contribution in [1.82, 2.24) is 9.80 Å². The fraction of sp³-hybridized carbons (Fsp3) is 0.441. The third-order valence-electron chi connectivity index (χ3n) is 8.04. The molecule has 2 fully saturated rings. The highest BCUT2D eigenvalue weighted by Gasteiger charge is 2.33. The summed E-state index contributed by atoms with van der Waals surface area (Å²) in [5.41, 5.74) is 3.83. The number of hydrogen-bond donors (Lipinski definition) is 0. The third-order valence-corrected chi connectivity index (χ3v) is 8.04. The Balaban J connectivity index is 1.52. The van der Waals surface area contributed by atoms with E-state index >= 15 is 4.39 Å². The molecule has 0 spiro atoms. The third kappa shape index (κ3) is 6.64. The first-order valence-corrected chi connectivity index (χ1v) is 14.8. The molecule has 2 heterocycles. The second kappa shape index (κ2) is 13.1. The average Bonchev–Trinajstić information content (AvgIpc) is 3.51. The van der Waals surface area contributed by atoms with Crippen molar-refractivity contribution in [2.45, 2.75) is 71.5 Å². The Morgan fingerprint density at radius 3 is 2.17 bits per heavy atom. The summed E-state index contributed by atoms with van der Waals surface area (Å²) in [6.07, 6.45) is 1.17. The van der Waals surface area contributed by atoms with E-state index in [0.717, 1.165) is 43.7 Å². The van der Waals surface area contributed by atoms with E-state index in [9.17, 15) is 4.79 Å². The molecule has 0 saturated carbocycles. The molecule has 7 heteroatoms. The van der Waals surface area contributed by atoms with Crippen LogP contribution in [0, 0.1) is 5.82 Å². The quantitative estimate of drug-likeness (QED) is 0.284. The summed E-state index contributed by atoms with van der Waals surface area (Å²) in [5, 5.41) is 0. The van der Waals surface area contributed by atoms with Gasteiger partial charge in [0.05, 0.1) is 30.2 Å². The zero-order valence-corrected chi connectivity index (χ0v) is 24.6. The maximum atomic E-state index is 15.8. The minimum absolute atomic E-state index is 0.0117. The number of likely N-dealkylation sites (tertiary alicyclic amines) is 1. The Kier molecular flexibility index (Phi) is 9.38. The van der Waals surface area contributed by atoms with Gasteiger partial charge in [-0.3, -0.25) is 9.69 Å². The van der Waals surface area contributed by atoms with E-state index in [-0.39, 0.29) is 29.8 Å². The summed E-state index contributed by atoms with van der Waals surface area (Å²) in [6, 6.07) is 23.3. The number of amides is 1. The lowest BCUT2D eigenvalue weighted by Crippen LogP contribution is -2.45. The molecule has 0 unspecified atom stereocenters. The molecule has 5 rings (SSSR count). The smallest absolute Gasteiger partial charge is 0.256 e. The van der Waals surface area contributed by atoms with Gasteiger partial charge >= 0.3 is 0 Å². The molecule has 3 aromatic rings. The number of anilines is 2. The van der Waals surface area contributed by atoms with E-state index in [1.54, 1.807) is 6.07 Å². The Morgan fingerprint density at radius 2 is 1.51 bits per heavy atom. The number of benzene rings is 3. The number of hydrogen-bond acceptors (Lipinski definition) is 5. The van der Waals surface area contributed by atoms with E-state index in [2.05, 4.69) is 34.1 Å². The number of halogens is 1. The molecule has 0 aliphatic carbocycles. The van der Waals surface area contributed by atoms with Gasteiger partial charge in [-0.2, -0.15) is 0 Å². The summed E-state index contributed by atoms with van der Waals surface area (Å²) in [5.74, 6) is -0.374. The molecule has 0 atom stereocenters. The maximum absolute atomic E-state index is 15.8. The summed E-state index contributed by atoms with van der Waals surface area (Å²) in [7, 11) is 0. The predicted molar refractivity (Wildman–Crippen MR) is 161 cm³/mol. The van der Waals surface area contributed by atoms with Crippen molar-refractivity contribution in [3.05, 3.63) is 95.3 Å². The lowest BCUT2D eigenvalue weighted by molar-refractivity contribution is -0.0441. The van der Waals surface area contributed by atoms with Gasteiger partial charge in [-0.15, -0.1) is 0 Å². The maximum Gasteiger partial charge on any atom is 0.256 e. The highest BCUT2D eigenvalue weighted by molar-refractivity contribution is 6.01. The van der Waals surface area contributed by atoms with Gasteiger partial charge in [-0.05, 0) is 70.4 Å². The molecular formula is C34H42FN3O3. The molecule has 2 saturated heterocycles. The zero-order chi connectivity index (χ0) is 28.9. The summed E-state index contributed by atoms with van der Waals surface area (Å²) in [6.45, 7) is 11.8. The van der Waals surface area contributed by atoms with Crippen LogP contribution in [-0.2, 0) is 16.0 Å². The van der Waals surface area contributed by atoms with Crippen LogP contribution >= 0.6 is 0 Å². The van der Waals surface area contributed by atoms with Crippen molar-refractivity contribution in [3.8, 4) is 0 Å². The molecule has 1 amide bonds. The number of nitrogens with zero attached hydrogens (tertiary/aromatic N) is 3. The van der Waals surface area contributed by atoms with Crippen LogP contribution in [0.15, 0.2) is 72.8 Å². The van der Waals surface area contributed by atoms with Crippen LogP contribution in [0.4, 0.5) is 15.8 Å². The highest BCUT2D eigenvalue weighted by atomic mass is 19.1. The number of carbonyl (C=O) groups excluding carboxylic acids is 1. The van der Waals surface area contributed by atoms with Crippen molar-refractivity contribution < 1.29 is 18.7 Å². The Morgan fingerprint density at radius 1 is 0.878 bits per heavy atom. The largest absolute Gasteiger partial charge is 0.346 e. The lowest BCUT2D eigenvalue weighted by atomic mass is 9.98. The van der Waals surface area contributed by atoms with Crippen LogP contribution in [-0.4, -0.2) is 60.1 Å². The molecule has 2 aliphatic rings. The zero-order valence-electron chi connectivity index (χ0n) is 24.6. The molecule has 6 nitrogen and oxygen atoms in total. The molecule has 41 heavy (non-hydrogen) atoms. The van der Waals surface area contributed by atoms with Gasteiger partial charge in [-0.25, -0.2) is 4.39 Å². The minimum atomic E-state index is -0.516. The number of para-hydroxylation sites is 1. The van der Waals surface area contributed by atoms with E-state index in [1.165, 1.54) is 11.6 Å². The average molecular weight is 560 g/mol. The van der Waals surface area contributed by atoms with Crippen molar-refractivity contribution in [2.24, 2.45) is 0 Å². The van der Waals surface area contributed by atoms with Gasteiger partial charge in [0.25, 0.3) is 5.91 Å². The van der Waals surface area contributed by atoms with Gasteiger partial charge in [-0.1, -0.05) is 48.5 Å². The van der Waals surface area contributed by atoms with E-state index in [0.29, 0.717) is 24.5 Å². The molecule has 0 aromatic heterocycles. The Hall–Kier alpha value is -3.26. The number of carbonyl (C=O) groups is 1. The first-order valence-electron chi connectivity index (χ1n) is 14.8. The van der Waals surface area contributed by atoms with Crippen LogP contribution in [0.2, 0.25) is 0 Å². The topological polar surface area (TPSA) is 45.3 Å². The van der Waals surface area contributed by atoms with Crippen molar-refractivity contribution in [1.29, 1.82) is 0 Å². The second-order valence-electron chi connectivity index (χ2n) is 11.6. The summed E-state index contributed by atoms with van der Waals surface area (Å²) >= 11 is 0. The number of piperidine rings is 1. The van der Waals surface area contributed by atoms with E-state index < -0.39 is 6.29 Å². The monoisotopic (exact) mass is 559 g/mol. The molecule has 3 aromatic carbocycles. The van der Waals surface area contributed by atoms with Crippen LogP contribution < -0.4 is 4.90 Å². The highest BCUT2D eigenvalue weighted by Crippen LogP contribution is 2.39. The van der Waals surface area contributed by atoms with Crippen LogP contribution in [0.25, 0.3) is 0 Å². The first-order chi connectivity index (χ1) is 19.8. The lowest BCUT2D eigenvalue weighted by Gasteiger charge is -2.41. The Bertz CT molecular complexity index is 1290. The van der Waals surface area contributed by atoms with Gasteiger partial charge < -0.3 is 19.3 Å². The molecular weight excluding hydrogens is 517 g/mol. The van der Waals surface area contributed by atoms with Gasteiger partial charge in [0, 0.05) is 43.3 Å². The SMILES string of the molecule is CC(C)N(C(=O)c1ccccc1N(c1cc(C2OCCO2)ccc1F)C1CCN(Cc2ccccc2)CC1)C(C)C. The number of rotatable bonds is 9. The number of ether oxygens (including phenoxy) is 2. The van der Waals surface area contributed by atoms with Gasteiger partial charge in [0.1, 0.15) is 5.82 Å². The van der Waals surface area contributed by atoms with Crippen molar-refractivity contribution >= 4 is 17.3 Å². The summed E-state index contributed by atoms with van der Waals surface area (Å²) < 4.78 is 27.3. The molecule has 0 bridgehead atoms. The molecule has 0 N–H and O–H groups in total. The van der Waals surface area contributed by atoms with Crippen molar-refractivity contribution in [3.63, 3.8) is 0 Å². The van der Waals surface area contributed by atoms with Crippen LogP contribution in [0.5, 0.6) is 0 Å². The van der Waals surface area contributed by atoms with Crippen molar-refractivity contribution in [2.75, 3.05) is 31.2 Å². The standard InChI is InChI=1S/C34H42FN3O3/c1-24(2)37(25(3)4)33(39)29-12-8-9-13-31(29)38(32-22-27(14-15-30(32)35)34-40-20-21-41-34)28-16-18-36(19-17-28)23-26-10-6-5-7-11-26/h5-15,22,24-25,28,34H,16-21,23H2,1-4H3. The van der Waals surface area contributed by atoms with Crippen LogP contribution in [0.1, 0.15) is 68.3 Å². The minimum Gasteiger partial charge on any atom is -0.346 e.